The highest BCUT2D eigenvalue weighted by Gasteiger charge is 2.16. The fourth-order valence-corrected chi connectivity index (χ4v) is 3.03. The minimum atomic E-state index is 0.280. The molecule has 2 unspecified atom stereocenters. The second-order valence-electron chi connectivity index (χ2n) is 6.51. The van der Waals surface area contributed by atoms with Gasteiger partial charge in [0.1, 0.15) is 5.01 Å². The number of thiazole rings is 1. The molecule has 2 atom stereocenters. The van der Waals surface area contributed by atoms with Gasteiger partial charge in [-0.3, -0.25) is 0 Å². The minimum Gasteiger partial charge on any atom is -0.328 e. The van der Waals surface area contributed by atoms with E-state index in [1.165, 1.54) is 9.88 Å². The van der Waals surface area contributed by atoms with Crippen molar-refractivity contribution in [1.29, 1.82) is 0 Å². The van der Waals surface area contributed by atoms with Gasteiger partial charge < -0.3 is 11.1 Å². The summed E-state index contributed by atoms with van der Waals surface area (Å²) in [5.74, 6) is 0. The van der Waals surface area contributed by atoms with Crippen LogP contribution in [0.3, 0.4) is 0 Å². The molecule has 1 rings (SSSR count). The molecule has 0 saturated carbocycles. The maximum Gasteiger partial charge on any atom is 0.109 e. The van der Waals surface area contributed by atoms with Crippen molar-refractivity contribution in [3.8, 4) is 0 Å². The molecule has 0 aliphatic heterocycles. The summed E-state index contributed by atoms with van der Waals surface area (Å²) in [4.78, 5) is 5.82. The predicted molar refractivity (Wildman–Crippen MR) is 84.6 cm³/mol. The molecule has 0 amide bonds. The van der Waals surface area contributed by atoms with E-state index in [-0.39, 0.29) is 6.04 Å². The first-order chi connectivity index (χ1) is 8.81. The van der Waals surface area contributed by atoms with E-state index < -0.39 is 0 Å². The number of rotatable bonds is 7. The largest absolute Gasteiger partial charge is 0.328 e. The van der Waals surface area contributed by atoms with Crippen LogP contribution in [0.5, 0.6) is 0 Å². The van der Waals surface area contributed by atoms with Crippen LogP contribution in [0.1, 0.15) is 63.4 Å². The van der Waals surface area contributed by atoms with Crippen molar-refractivity contribution in [3.05, 3.63) is 16.1 Å². The third kappa shape index (κ3) is 6.50. The van der Waals surface area contributed by atoms with Gasteiger partial charge in [-0.2, -0.15) is 0 Å². The maximum atomic E-state index is 6.16. The fraction of sp³-hybridized carbons (Fsp3) is 0.800. The molecule has 1 aromatic heterocycles. The SMILES string of the molecule is CCc1cnc(C(C)NCCC(N)CC(C)(C)C)s1. The molecule has 3 nitrogen and oxygen atoms in total. The lowest BCUT2D eigenvalue weighted by atomic mass is 9.87. The van der Waals surface area contributed by atoms with Crippen LogP contribution in [-0.4, -0.2) is 17.6 Å². The molecular weight excluding hydrogens is 254 g/mol. The molecular formula is C15H29N3S. The van der Waals surface area contributed by atoms with Crippen LogP contribution in [0.4, 0.5) is 0 Å². The van der Waals surface area contributed by atoms with Crippen molar-refractivity contribution in [2.75, 3.05) is 6.54 Å². The van der Waals surface area contributed by atoms with Crippen molar-refractivity contribution < 1.29 is 0 Å². The van der Waals surface area contributed by atoms with Crippen molar-refractivity contribution in [2.24, 2.45) is 11.1 Å². The van der Waals surface area contributed by atoms with E-state index in [2.05, 4.69) is 44.9 Å². The number of aryl methyl sites for hydroxylation is 1. The van der Waals surface area contributed by atoms with Crippen molar-refractivity contribution in [1.82, 2.24) is 10.3 Å². The second kappa shape index (κ2) is 7.36. The summed E-state index contributed by atoms with van der Waals surface area (Å²) < 4.78 is 0. The Hall–Kier alpha value is -0.450. The summed E-state index contributed by atoms with van der Waals surface area (Å²) in [5, 5.41) is 4.70. The number of nitrogens with one attached hydrogen (secondary N) is 1. The van der Waals surface area contributed by atoms with Gasteiger partial charge in [-0.25, -0.2) is 4.98 Å². The lowest BCUT2D eigenvalue weighted by Crippen LogP contribution is -2.31. The Kier molecular flexibility index (Phi) is 6.43. The van der Waals surface area contributed by atoms with Crippen LogP contribution in [0.2, 0.25) is 0 Å². The topological polar surface area (TPSA) is 50.9 Å². The smallest absolute Gasteiger partial charge is 0.109 e. The zero-order valence-corrected chi connectivity index (χ0v) is 13.8. The summed E-state index contributed by atoms with van der Waals surface area (Å²) in [7, 11) is 0. The molecule has 0 saturated heterocycles. The zero-order valence-electron chi connectivity index (χ0n) is 13.0. The van der Waals surface area contributed by atoms with Gasteiger partial charge in [-0.15, -0.1) is 11.3 Å². The maximum absolute atomic E-state index is 6.16. The molecule has 19 heavy (non-hydrogen) atoms. The van der Waals surface area contributed by atoms with E-state index in [4.69, 9.17) is 5.73 Å². The van der Waals surface area contributed by atoms with Gasteiger partial charge in [0.25, 0.3) is 0 Å². The summed E-state index contributed by atoms with van der Waals surface area (Å²) >= 11 is 1.80. The van der Waals surface area contributed by atoms with Crippen LogP contribution in [0.25, 0.3) is 0 Å². The van der Waals surface area contributed by atoms with Crippen LogP contribution in [-0.2, 0) is 6.42 Å². The van der Waals surface area contributed by atoms with Gasteiger partial charge in [0.05, 0.1) is 6.04 Å². The third-order valence-corrected chi connectivity index (χ3v) is 4.45. The summed E-state index contributed by atoms with van der Waals surface area (Å²) in [5.41, 5.74) is 6.47. The average molecular weight is 283 g/mol. The molecule has 0 aromatic carbocycles. The first-order valence-corrected chi connectivity index (χ1v) is 8.07. The lowest BCUT2D eigenvalue weighted by Gasteiger charge is -2.23. The summed E-state index contributed by atoms with van der Waals surface area (Å²) in [6.45, 7) is 12.0. The van der Waals surface area contributed by atoms with Gasteiger partial charge >= 0.3 is 0 Å². The van der Waals surface area contributed by atoms with Gasteiger partial charge in [-0.05, 0) is 38.1 Å². The highest BCUT2D eigenvalue weighted by Crippen LogP contribution is 2.22. The van der Waals surface area contributed by atoms with Gasteiger partial charge in [0.2, 0.25) is 0 Å². The Balaban J connectivity index is 2.28. The average Bonchev–Trinajstić information content (AvgIpc) is 2.74. The highest BCUT2D eigenvalue weighted by molar-refractivity contribution is 7.11. The Morgan fingerprint density at radius 3 is 2.63 bits per heavy atom. The monoisotopic (exact) mass is 283 g/mol. The van der Waals surface area contributed by atoms with E-state index in [1.807, 2.05) is 6.20 Å². The van der Waals surface area contributed by atoms with Crippen LogP contribution >= 0.6 is 11.3 Å². The van der Waals surface area contributed by atoms with Crippen LogP contribution < -0.4 is 11.1 Å². The lowest BCUT2D eigenvalue weighted by molar-refractivity contribution is 0.327. The molecule has 1 aromatic rings. The Labute approximate surface area is 122 Å². The third-order valence-electron chi connectivity index (χ3n) is 3.13. The quantitative estimate of drug-likeness (QED) is 0.805. The first kappa shape index (κ1) is 16.6. The van der Waals surface area contributed by atoms with Gasteiger partial charge in [0.15, 0.2) is 0 Å². The van der Waals surface area contributed by atoms with E-state index >= 15 is 0 Å². The number of aromatic nitrogens is 1. The molecule has 0 aliphatic rings. The fourth-order valence-electron chi connectivity index (χ4n) is 2.15. The molecule has 0 aliphatic carbocycles. The molecule has 0 radical (unpaired) electrons. The second-order valence-corrected chi connectivity index (χ2v) is 7.65. The van der Waals surface area contributed by atoms with Crippen molar-refractivity contribution in [3.63, 3.8) is 0 Å². The number of hydrogen-bond acceptors (Lipinski definition) is 4. The molecule has 0 bridgehead atoms. The first-order valence-electron chi connectivity index (χ1n) is 7.25. The molecule has 4 heteroatoms. The van der Waals surface area contributed by atoms with Gasteiger partial charge in [-0.1, -0.05) is 27.7 Å². The minimum absolute atomic E-state index is 0.280. The number of hydrogen-bond donors (Lipinski definition) is 2. The molecule has 0 spiro atoms. The molecule has 1 heterocycles. The van der Waals surface area contributed by atoms with Crippen molar-refractivity contribution in [2.45, 2.75) is 66.0 Å². The zero-order chi connectivity index (χ0) is 14.5. The number of nitrogens with zero attached hydrogens (tertiary/aromatic N) is 1. The highest BCUT2D eigenvalue weighted by atomic mass is 32.1. The van der Waals surface area contributed by atoms with Crippen LogP contribution in [0.15, 0.2) is 6.20 Å². The Morgan fingerprint density at radius 2 is 2.11 bits per heavy atom. The van der Waals surface area contributed by atoms with E-state index in [9.17, 15) is 0 Å². The molecule has 3 N–H and O–H groups in total. The summed E-state index contributed by atoms with van der Waals surface area (Å²) in [6.07, 6.45) is 5.15. The molecule has 0 fully saturated rings. The Morgan fingerprint density at radius 1 is 1.42 bits per heavy atom. The number of nitrogens with two attached hydrogens (primary N) is 1. The standard InChI is InChI=1S/C15H29N3S/c1-6-13-10-18-14(19-13)11(2)17-8-7-12(16)9-15(3,4)5/h10-12,17H,6-9,16H2,1-5H3. The summed E-state index contributed by atoms with van der Waals surface area (Å²) in [6, 6.07) is 0.606. The molecule has 110 valence electrons. The van der Waals surface area contributed by atoms with E-state index in [0.29, 0.717) is 11.5 Å². The van der Waals surface area contributed by atoms with Crippen LogP contribution in [0, 0.1) is 5.41 Å². The normalized spacial score (nSPS) is 15.5. The van der Waals surface area contributed by atoms with Crippen molar-refractivity contribution >= 4 is 11.3 Å². The Bertz CT molecular complexity index is 368. The van der Waals surface area contributed by atoms with E-state index in [1.54, 1.807) is 11.3 Å². The van der Waals surface area contributed by atoms with Gasteiger partial charge in [0, 0.05) is 17.1 Å². The van der Waals surface area contributed by atoms with E-state index in [0.717, 1.165) is 25.8 Å². The predicted octanol–water partition coefficient (Wildman–Crippen LogP) is 3.51.